The van der Waals surface area contributed by atoms with Crippen molar-refractivity contribution in [3.8, 4) is 0 Å². The molecule has 184 valence electrons. The van der Waals surface area contributed by atoms with Crippen molar-refractivity contribution in [2.45, 2.75) is 45.9 Å². The third-order valence-corrected chi connectivity index (χ3v) is 12.0. The summed E-state index contributed by atoms with van der Waals surface area (Å²) >= 11 is 0. The Morgan fingerprint density at radius 2 is 1.33 bits per heavy atom. The number of carbonyl (C=O) groups is 1. The third kappa shape index (κ3) is 4.57. The molecule has 0 aliphatic heterocycles. The highest BCUT2D eigenvalue weighted by Crippen LogP contribution is 2.65. The second-order valence-electron chi connectivity index (χ2n) is 10.3. The zero-order valence-corrected chi connectivity index (χ0v) is 22.6. The average Bonchev–Trinajstić information content (AvgIpc) is 2.89. The minimum absolute atomic E-state index is 0.0888. The fraction of sp³-hybridized carbons (Fsp3) is 0.242. The highest BCUT2D eigenvalue weighted by molar-refractivity contribution is 7.96. The van der Waals surface area contributed by atoms with Gasteiger partial charge in [0.1, 0.15) is 34.9 Å². The van der Waals surface area contributed by atoms with Crippen LogP contribution in [-0.2, 0) is 4.79 Å². The van der Waals surface area contributed by atoms with Gasteiger partial charge < -0.3 is 5.11 Å². The fourth-order valence-electron chi connectivity index (χ4n) is 5.82. The molecule has 3 aromatic rings. The fourth-order valence-corrected chi connectivity index (χ4v) is 11.0. The minimum atomic E-state index is -2.38. The zero-order chi connectivity index (χ0) is 25.9. The van der Waals surface area contributed by atoms with Gasteiger partial charge in [-0.05, 0) is 79.3 Å². The number of carbonyl (C=O) groups excluding carboxylic acids is 1. The summed E-state index contributed by atoms with van der Waals surface area (Å²) in [6.07, 6.45) is 3.66. The van der Waals surface area contributed by atoms with Gasteiger partial charge in [-0.25, -0.2) is 0 Å². The Morgan fingerprint density at radius 1 is 0.917 bits per heavy atom. The summed E-state index contributed by atoms with van der Waals surface area (Å²) in [4.78, 5) is 13.3. The summed E-state index contributed by atoms with van der Waals surface area (Å²) in [5, 5.41) is 14.4. The van der Waals surface area contributed by atoms with E-state index in [1.54, 1.807) is 0 Å². The van der Waals surface area contributed by atoms with E-state index in [0.29, 0.717) is 12.0 Å². The molecule has 0 heterocycles. The molecule has 0 radical (unpaired) electrons. The lowest BCUT2D eigenvalue weighted by molar-refractivity contribution is -0.125. The number of benzene rings is 3. The van der Waals surface area contributed by atoms with Crippen molar-refractivity contribution in [2.75, 3.05) is 0 Å². The largest absolute Gasteiger partial charge is 0.385 e. The van der Waals surface area contributed by atoms with E-state index in [0.717, 1.165) is 11.1 Å². The van der Waals surface area contributed by atoms with Crippen molar-refractivity contribution in [1.29, 1.82) is 0 Å². The maximum atomic E-state index is 13.3. The van der Waals surface area contributed by atoms with Crippen LogP contribution in [0.5, 0.6) is 0 Å². The van der Waals surface area contributed by atoms with E-state index >= 15 is 0 Å². The van der Waals surface area contributed by atoms with Crippen molar-refractivity contribution in [3.05, 3.63) is 126 Å². The SMILES string of the molecule is C=CC(C)=CC(C1=C(C)C(=O)C(O)CC1(C)C)[P+](c1ccccc1)(c1ccccc1)c1ccccc1. The topological polar surface area (TPSA) is 37.3 Å². The van der Waals surface area contributed by atoms with Crippen LogP contribution in [0.1, 0.15) is 34.1 Å². The van der Waals surface area contributed by atoms with E-state index in [1.807, 2.05) is 13.0 Å². The maximum absolute atomic E-state index is 13.3. The van der Waals surface area contributed by atoms with Crippen molar-refractivity contribution in [1.82, 2.24) is 0 Å². The summed E-state index contributed by atoms with van der Waals surface area (Å²) < 4.78 is 0. The van der Waals surface area contributed by atoms with Crippen LogP contribution in [0.15, 0.2) is 126 Å². The monoisotopic (exact) mass is 495 g/mol. The van der Waals surface area contributed by atoms with E-state index in [1.165, 1.54) is 15.9 Å². The molecule has 0 saturated heterocycles. The first-order valence-electron chi connectivity index (χ1n) is 12.5. The normalized spacial score (nSPS) is 19.2. The van der Waals surface area contributed by atoms with Gasteiger partial charge in [0.05, 0.1) is 0 Å². The molecule has 0 bridgehead atoms. The van der Waals surface area contributed by atoms with Crippen molar-refractivity contribution in [3.63, 3.8) is 0 Å². The van der Waals surface area contributed by atoms with Crippen LogP contribution < -0.4 is 15.9 Å². The molecule has 3 heteroatoms. The van der Waals surface area contributed by atoms with Gasteiger partial charge in [-0.15, -0.1) is 0 Å². The number of ketones is 1. The Kier molecular flexibility index (Phi) is 7.59. The van der Waals surface area contributed by atoms with Crippen LogP contribution in [0.25, 0.3) is 0 Å². The van der Waals surface area contributed by atoms with Gasteiger partial charge in [0, 0.05) is 0 Å². The Bertz CT molecular complexity index is 1190. The summed E-state index contributed by atoms with van der Waals surface area (Å²) in [5.41, 5.74) is 2.41. The van der Waals surface area contributed by atoms with E-state index in [2.05, 4.69) is 124 Å². The Hall–Kier alpha value is -3.06. The van der Waals surface area contributed by atoms with Crippen LogP contribution in [0.4, 0.5) is 0 Å². The number of Topliss-reactive ketones (excluding diaryl/α,β-unsaturated/α-hetero) is 1. The quantitative estimate of drug-likeness (QED) is 0.315. The molecule has 3 aromatic carbocycles. The number of hydrogen-bond acceptors (Lipinski definition) is 2. The predicted octanol–water partition coefficient (Wildman–Crippen LogP) is 6.16. The van der Waals surface area contributed by atoms with Gasteiger partial charge in [-0.1, -0.05) is 86.7 Å². The Balaban J connectivity index is 2.23. The summed E-state index contributed by atoms with van der Waals surface area (Å²) in [6.45, 7) is 12.4. The van der Waals surface area contributed by atoms with Crippen LogP contribution in [-0.4, -0.2) is 22.7 Å². The smallest absolute Gasteiger partial charge is 0.187 e. The number of hydrogen-bond donors (Lipinski definition) is 1. The maximum Gasteiger partial charge on any atom is 0.187 e. The van der Waals surface area contributed by atoms with E-state index in [4.69, 9.17) is 0 Å². The highest BCUT2D eigenvalue weighted by atomic mass is 31.2. The van der Waals surface area contributed by atoms with Gasteiger partial charge in [0.2, 0.25) is 0 Å². The Morgan fingerprint density at radius 3 is 1.72 bits per heavy atom. The van der Waals surface area contributed by atoms with Crippen LogP contribution in [0.2, 0.25) is 0 Å². The van der Waals surface area contributed by atoms with Crippen molar-refractivity contribution < 1.29 is 9.90 Å². The first-order valence-corrected chi connectivity index (χ1v) is 14.4. The lowest BCUT2D eigenvalue weighted by Gasteiger charge is -2.43. The second kappa shape index (κ2) is 10.5. The van der Waals surface area contributed by atoms with E-state index < -0.39 is 13.4 Å². The zero-order valence-electron chi connectivity index (χ0n) is 21.7. The molecule has 0 fully saturated rings. The van der Waals surface area contributed by atoms with Gasteiger partial charge in [0.25, 0.3) is 0 Å². The van der Waals surface area contributed by atoms with Crippen LogP contribution >= 0.6 is 7.26 Å². The number of aliphatic hydroxyl groups is 1. The first kappa shape index (κ1) is 26.0. The molecule has 2 nitrogen and oxygen atoms in total. The Labute approximate surface area is 216 Å². The van der Waals surface area contributed by atoms with Gasteiger partial charge in [0.15, 0.2) is 5.78 Å². The molecule has 0 aromatic heterocycles. The molecule has 36 heavy (non-hydrogen) atoms. The summed E-state index contributed by atoms with van der Waals surface area (Å²) in [6, 6.07) is 32.3. The third-order valence-electron chi connectivity index (χ3n) is 7.46. The average molecular weight is 496 g/mol. The molecule has 0 saturated carbocycles. The van der Waals surface area contributed by atoms with Gasteiger partial charge >= 0.3 is 0 Å². The molecule has 1 aliphatic rings. The molecule has 0 spiro atoms. The van der Waals surface area contributed by atoms with Crippen LogP contribution in [0, 0.1) is 5.41 Å². The molecular weight excluding hydrogens is 459 g/mol. The highest BCUT2D eigenvalue weighted by Gasteiger charge is 2.56. The van der Waals surface area contributed by atoms with E-state index in [9.17, 15) is 9.90 Å². The van der Waals surface area contributed by atoms with Crippen molar-refractivity contribution in [2.24, 2.45) is 5.41 Å². The predicted molar refractivity (Wildman–Crippen MR) is 155 cm³/mol. The first-order chi connectivity index (χ1) is 17.2. The minimum Gasteiger partial charge on any atom is -0.385 e. The second-order valence-corrected chi connectivity index (χ2v) is 13.8. The number of aliphatic hydroxyl groups excluding tert-OH is 1. The molecule has 4 rings (SSSR count). The van der Waals surface area contributed by atoms with Gasteiger partial charge in [-0.3, -0.25) is 4.79 Å². The summed E-state index contributed by atoms with van der Waals surface area (Å²) in [7, 11) is -2.38. The van der Waals surface area contributed by atoms with Crippen molar-refractivity contribution >= 4 is 29.0 Å². The molecule has 1 N–H and O–H groups in total. The number of rotatable bonds is 7. The lowest BCUT2D eigenvalue weighted by atomic mass is 9.69. The summed E-state index contributed by atoms with van der Waals surface area (Å²) in [5.74, 6) is -0.161. The molecule has 2 unspecified atom stereocenters. The molecule has 1 aliphatic carbocycles. The molecule has 2 atom stereocenters. The standard InChI is InChI=1S/C33H36O2P/c1-6-24(2)22-30(31-25(3)32(35)29(34)23-33(31,4)5)36(26-16-10-7-11-17-26,27-18-12-8-13-19-27)28-20-14-9-15-21-28/h6-22,29-30,34H,1,23H2,2-5H3/q+1. The van der Waals surface area contributed by atoms with E-state index in [-0.39, 0.29) is 16.9 Å². The molecular formula is C33H36O2P+. The lowest BCUT2D eigenvalue weighted by Crippen LogP contribution is -2.45. The molecule has 0 amide bonds. The number of allylic oxidation sites excluding steroid dienone is 4. The van der Waals surface area contributed by atoms with Gasteiger partial charge in [-0.2, -0.15) is 0 Å². The van der Waals surface area contributed by atoms with Crippen LogP contribution in [0.3, 0.4) is 0 Å².